The van der Waals surface area contributed by atoms with E-state index in [1.807, 2.05) is 30.3 Å². The Hall–Kier alpha value is -2.39. The largest absolute Gasteiger partial charge is 0.445 e. The molecule has 1 atom stereocenters. The van der Waals surface area contributed by atoms with E-state index in [0.717, 1.165) is 11.6 Å². The molecule has 1 unspecified atom stereocenters. The van der Waals surface area contributed by atoms with Crippen molar-refractivity contribution >= 4 is 33.4 Å². The Morgan fingerprint density at radius 1 is 1.27 bits per heavy atom. The number of nitrogen functional groups attached to an aromatic ring is 1. The van der Waals surface area contributed by atoms with Gasteiger partial charge >= 0.3 is 6.09 Å². The number of rotatable bonds is 7. The van der Waals surface area contributed by atoms with Gasteiger partial charge in [0.05, 0.1) is 22.0 Å². The molecule has 0 saturated heterocycles. The Bertz CT molecular complexity index is 763. The van der Waals surface area contributed by atoms with Gasteiger partial charge in [0.15, 0.2) is 11.6 Å². The molecule has 0 aliphatic carbocycles. The van der Waals surface area contributed by atoms with Gasteiger partial charge in [-0.2, -0.15) is 0 Å². The second kappa shape index (κ2) is 9.35. The van der Waals surface area contributed by atoms with Crippen LogP contribution in [-0.2, 0) is 11.3 Å². The fourth-order valence-corrected chi connectivity index (χ4v) is 2.62. The van der Waals surface area contributed by atoms with Crippen molar-refractivity contribution in [3.8, 4) is 0 Å². The maximum absolute atomic E-state index is 13.5. The van der Waals surface area contributed by atoms with Crippen LogP contribution >= 0.6 is 15.9 Å². The number of hydrogen-bond donors (Lipinski definition) is 4. The lowest BCUT2D eigenvalue weighted by Crippen LogP contribution is -2.36. The number of amides is 1. The first-order valence-electron chi connectivity index (χ1n) is 7.68. The number of nitrogens with one attached hydrogen (secondary N) is 2. The Labute approximate surface area is 157 Å². The molecular formula is C17H18BrF2N3O3. The average molecular weight is 430 g/mol. The summed E-state index contributed by atoms with van der Waals surface area (Å²) in [6.07, 6.45) is -1.68. The number of anilines is 2. The van der Waals surface area contributed by atoms with Crippen LogP contribution in [-0.4, -0.2) is 30.4 Å². The number of alkyl carbamates (subject to hydrolysis) is 1. The molecule has 0 aromatic heterocycles. The maximum Gasteiger partial charge on any atom is 0.407 e. The summed E-state index contributed by atoms with van der Waals surface area (Å²) in [6, 6.07) is 9.98. The van der Waals surface area contributed by atoms with Crippen LogP contribution < -0.4 is 16.4 Å². The number of carbonyl (C=O) groups is 1. The Morgan fingerprint density at radius 2 is 1.96 bits per heavy atom. The summed E-state index contributed by atoms with van der Waals surface area (Å²) >= 11 is 2.91. The zero-order valence-corrected chi connectivity index (χ0v) is 15.2. The fraction of sp³-hybridized carbons (Fsp3) is 0.235. The summed E-state index contributed by atoms with van der Waals surface area (Å²) in [5, 5.41) is 15.0. The highest BCUT2D eigenvalue weighted by molar-refractivity contribution is 9.10. The van der Waals surface area contributed by atoms with Crippen molar-refractivity contribution in [2.75, 3.05) is 24.1 Å². The van der Waals surface area contributed by atoms with E-state index in [1.165, 1.54) is 0 Å². The van der Waals surface area contributed by atoms with Crippen molar-refractivity contribution in [3.63, 3.8) is 0 Å². The van der Waals surface area contributed by atoms with Gasteiger partial charge in [0, 0.05) is 19.2 Å². The predicted molar refractivity (Wildman–Crippen MR) is 97.6 cm³/mol. The zero-order valence-electron chi connectivity index (χ0n) is 13.6. The van der Waals surface area contributed by atoms with Crippen molar-refractivity contribution in [1.82, 2.24) is 5.32 Å². The minimum Gasteiger partial charge on any atom is -0.445 e. The number of aliphatic hydroxyl groups excluding tert-OH is 1. The van der Waals surface area contributed by atoms with E-state index in [2.05, 4.69) is 26.6 Å². The SMILES string of the molecule is Nc1cc(F)c(F)c(Br)c1NCC(O)CNC(=O)OCc1ccccc1. The number of ether oxygens (including phenoxy) is 1. The topological polar surface area (TPSA) is 96.6 Å². The molecule has 0 heterocycles. The minimum absolute atomic E-state index is 0.0156. The molecule has 9 heteroatoms. The molecule has 2 rings (SSSR count). The van der Waals surface area contributed by atoms with Crippen molar-refractivity contribution in [2.24, 2.45) is 0 Å². The summed E-state index contributed by atoms with van der Waals surface area (Å²) in [5.41, 5.74) is 6.56. The molecular weight excluding hydrogens is 412 g/mol. The molecule has 0 fully saturated rings. The summed E-state index contributed by atoms with van der Waals surface area (Å²) in [5.74, 6) is -2.16. The monoisotopic (exact) mass is 429 g/mol. The highest BCUT2D eigenvalue weighted by atomic mass is 79.9. The molecule has 6 nitrogen and oxygen atoms in total. The lowest BCUT2D eigenvalue weighted by Gasteiger charge is -2.16. The van der Waals surface area contributed by atoms with Crippen molar-refractivity contribution in [1.29, 1.82) is 0 Å². The quantitative estimate of drug-likeness (QED) is 0.400. The van der Waals surface area contributed by atoms with Crippen LogP contribution in [0.2, 0.25) is 0 Å². The number of nitrogens with two attached hydrogens (primary N) is 1. The Morgan fingerprint density at radius 3 is 2.65 bits per heavy atom. The minimum atomic E-state index is -1.08. The maximum atomic E-state index is 13.5. The average Bonchev–Trinajstić information content (AvgIpc) is 2.63. The first-order chi connectivity index (χ1) is 12.4. The first-order valence-corrected chi connectivity index (χ1v) is 8.47. The van der Waals surface area contributed by atoms with Crippen molar-refractivity contribution < 1.29 is 23.4 Å². The number of hydrogen-bond acceptors (Lipinski definition) is 5. The predicted octanol–water partition coefficient (Wildman–Crippen LogP) is 3.01. The molecule has 2 aromatic carbocycles. The second-order valence-electron chi connectivity index (χ2n) is 5.43. The van der Waals surface area contributed by atoms with Gasteiger partial charge in [-0.05, 0) is 21.5 Å². The lowest BCUT2D eigenvalue weighted by molar-refractivity contribution is 0.128. The smallest absolute Gasteiger partial charge is 0.407 e. The molecule has 5 N–H and O–H groups in total. The van der Waals surface area contributed by atoms with E-state index >= 15 is 0 Å². The number of aliphatic hydroxyl groups is 1. The van der Waals surface area contributed by atoms with E-state index in [0.29, 0.717) is 0 Å². The van der Waals surface area contributed by atoms with Gasteiger partial charge in [-0.25, -0.2) is 13.6 Å². The molecule has 1 amide bonds. The third kappa shape index (κ3) is 5.57. The van der Waals surface area contributed by atoms with E-state index in [9.17, 15) is 18.7 Å². The standard InChI is InChI=1S/C17H18BrF2N3O3/c18-14-15(20)12(19)6-13(21)16(14)22-7-11(24)8-23-17(25)26-9-10-4-2-1-3-5-10/h1-6,11,22,24H,7-9,21H2,(H,23,25). The highest BCUT2D eigenvalue weighted by Crippen LogP contribution is 2.32. The molecule has 140 valence electrons. The van der Waals surface area contributed by atoms with Gasteiger partial charge in [0.1, 0.15) is 6.61 Å². The van der Waals surface area contributed by atoms with Crippen LogP contribution in [0.15, 0.2) is 40.9 Å². The molecule has 0 radical (unpaired) electrons. The number of halogens is 3. The van der Waals surface area contributed by atoms with E-state index < -0.39 is 23.8 Å². The van der Waals surface area contributed by atoms with Crippen LogP contribution in [0.25, 0.3) is 0 Å². The van der Waals surface area contributed by atoms with Crippen LogP contribution in [0.1, 0.15) is 5.56 Å². The highest BCUT2D eigenvalue weighted by Gasteiger charge is 2.16. The first kappa shape index (κ1) is 19.9. The summed E-state index contributed by atoms with van der Waals surface area (Å²) in [7, 11) is 0. The molecule has 0 saturated carbocycles. The van der Waals surface area contributed by atoms with Crippen molar-refractivity contribution in [2.45, 2.75) is 12.7 Å². The van der Waals surface area contributed by atoms with Gasteiger partial charge in [-0.1, -0.05) is 30.3 Å². The third-order valence-electron chi connectivity index (χ3n) is 3.40. The summed E-state index contributed by atoms with van der Waals surface area (Å²) in [4.78, 5) is 11.6. The van der Waals surface area contributed by atoms with Gasteiger partial charge in [-0.15, -0.1) is 0 Å². The van der Waals surface area contributed by atoms with E-state index in [4.69, 9.17) is 10.5 Å². The summed E-state index contributed by atoms with van der Waals surface area (Å²) < 4.78 is 31.6. The Balaban J connectivity index is 1.76. The molecule has 26 heavy (non-hydrogen) atoms. The number of benzene rings is 2. The van der Waals surface area contributed by atoms with Gasteiger partial charge < -0.3 is 26.2 Å². The van der Waals surface area contributed by atoms with Crippen LogP contribution in [0.3, 0.4) is 0 Å². The van der Waals surface area contributed by atoms with Crippen LogP contribution in [0.5, 0.6) is 0 Å². The lowest BCUT2D eigenvalue weighted by atomic mass is 10.2. The molecule has 0 spiro atoms. The van der Waals surface area contributed by atoms with Crippen LogP contribution in [0.4, 0.5) is 25.0 Å². The van der Waals surface area contributed by atoms with Gasteiger partial charge in [-0.3, -0.25) is 0 Å². The molecule has 0 aliphatic rings. The molecule has 0 bridgehead atoms. The Kier molecular flexibility index (Phi) is 7.16. The zero-order chi connectivity index (χ0) is 19.1. The van der Waals surface area contributed by atoms with Crippen molar-refractivity contribution in [3.05, 3.63) is 58.1 Å². The molecule has 2 aromatic rings. The fourth-order valence-electron chi connectivity index (χ4n) is 2.06. The second-order valence-corrected chi connectivity index (χ2v) is 6.22. The van der Waals surface area contributed by atoms with E-state index in [-0.39, 0.29) is 35.5 Å². The van der Waals surface area contributed by atoms with E-state index in [1.54, 1.807) is 0 Å². The third-order valence-corrected chi connectivity index (χ3v) is 4.15. The van der Waals surface area contributed by atoms with Crippen LogP contribution in [0, 0.1) is 11.6 Å². The molecule has 0 aliphatic heterocycles. The number of carbonyl (C=O) groups excluding carboxylic acids is 1. The van der Waals surface area contributed by atoms with Gasteiger partial charge in [0.25, 0.3) is 0 Å². The normalized spacial score (nSPS) is 11.7. The van der Waals surface area contributed by atoms with Gasteiger partial charge in [0.2, 0.25) is 0 Å². The summed E-state index contributed by atoms with van der Waals surface area (Å²) in [6.45, 7) is -0.0337.